The van der Waals surface area contributed by atoms with Gasteiger partial charge in [-0.2, -0.15) is 0 Å². The molecule has 0 unspecified atom stereocenters. The van der Waals surface area contributed by atoms with Crippen molar-refractivity contribution in [2.24, 2.45) is 0 Å². The lowest BCUT2D eigenvalue weighted by atomic mass is 9.97. The van der Waals surface area contributed by atoms with E-state index in [-0.39, 0.29) is 11.8 Å². The molecule has 18 heavy (non-hydrogen) atoms. The standard InChI is InChI=1S/C15H19NO2/c1-10-8-11(2)13(12(3)9-10)6-7-16-14(17)4-5-15(16)18/h8-9H,4-7H2,1-3H3. The zero-order valence-corrected chi connectivity index (χ0v) is 11.2. The smallest absolute Gasteiger partial charge is 0.229 e. The maximum Gasteiger partial charge on any atom is 0.229 e. The molecule has 1 aliphatic heterocycles. The molecule has 0 N–H and O–H groups in total. The van der Waals surface area contributed by atoms with Crippen molar-refractivity contribution in [3.63, 3.8) is 0 Å². The molecule has 96 valence electrons. The van der Waals surface area contributed by atoms with E-state index in [0.717, 1.165) is 6.42 Å². The highest BCUT2D eigenvalue weighted by molar-refractivity contribution is 6.01. The summed E-state index contributed by atoms with van der Waals surface area (Å²) in [7, 11) is 0. The molecule has 0 spiro atoms. The van der Waals surface area contributed by atoms with Gasteiger partial charge in [-0.3, -0.25) is 14.5 Å². The molecule has 0 radical (unpaired) electrons. The van der Waals surface area contributed by atoms with Gasteiger partial charge in [-0.05, 0) is 43.9 Å². The van der Waals surface area contributed by atoms with Crippen molar-refractivity contribution in [3.8, 4) is 0 Å². The Bertz CT molecular complexity index is 466. The number of hydrogen-bond acceptors (Lipinski definition) is 2. The Morgan fingerprint density at radius 1 is 1.00 bits per heavy atom. The highest BCUT2D eigenvalue weighted by atomic mass is 16.2. The van der Waals surface area contributed by atoms with Gasteiger partial charge in [0.25, 0.3) is 0 Å². The average molecular weight is 245 g/mol. The molecule has 3 nitrogen and oxygen atoms in total. The zero-order chi connectivity index (χ0) is 13.3. The molecule has 1 aromatic carbocycles. The Balaban J connectivity index is 2.11. The summed E-state index contributed by atoms with van der Waals surface area (Å²) >= 11 is 0. The predicted octanol–water partition coefficient (Wildman–Crippen LogP) is 2.30. The summed E-state index contributed by atoms with van der Waals surface area (Å²) in [6.07, 6.45) is 1.52. The van der Waals surface area contributed by atoms with Gasteiger partial charge in [-0.25, -0.2) is 0 Å². The van der Waals surface area contributed by atoms with Crippen LogP contribution in [0.3, 0.4) is 0 Å². The van der Waals surface area contributed by atoms with E-state index in [1.54, 1.807) is 0 Å². The first-order chi connectivity index (χ1) is 8.49. The van der Waals surface area contributed by atoms with E-state index in [9.17, 15) is 9.59 Å². The Hall–Kier alpha value is -1.64. The molecular formula is C15H19NO2. The normalized spacial score (nSPS) is 15.6. The molecule has 2 amide bonds. The van der Waals surface area contributed by atoms with E-state index in [0.29, 0.717) is 19.4 Å². The van der Waals surface area contributed by atoms with Crippen LogP contribution in [0.1, 0.15) is 35.1 Å². The van der Waals surface area contributed by atoms with Gasteiger partial charge in [0.15, 0.2) is 0 Å². The second-order valence-corrected chi connectivity index (χ2v) is 5.07. The fourth-order valence-electron chi connectivity index (χ4n) is 2.70. The van der Waals surface area contributed by atoms with Crippen LogP contribution in [-0.4, -0.2) is 23.3 Å². The molecule has 1 fully saturated rings. The van der Waals surface area contributed by atoms with E-state index in [4.69, 9.17) is 0 Å². The molecule has 3 heteroatoms. The van der Waals surface area contributed by atoms with Crippen LogP contribution in [0, 0.1) is 20.8 Å². The summed E-state index contributed by atoms with van der Waals surface area (Å²) in [6.45, 7) is 6.77. The van der Waals surface area contributed by atoms with Crippen LogP contribution in [0.4, 0.5) is 0 Å². The largest absolute Gasteiger partial charge is 0.282 e. The van der Waals surface area contributed by atoms with Gasteiger partial charge in [-0.1, -0.05) is 17.7 Å². The second kappa shape index (κ2) is 4.92. The lowest BCUT2D eigenvalue weighted by Crippen LogP contribution is -2.31. The van der Waals surface area contributed by atoms with Crippen molar-refractivity contribution in [3.05, 3.63) is 34.4 Å². The van der Waals surface area contributed by atoms with Gasteiger partial charge < -0.3 is 0 Å². The van der Waals surface area contributed by atoms with Crippen LogP contribution in [0.5, 0.6) is 0 Å². The maximum absolute atomic E-state index is 11.5. The van der Waals surface area contributed by atoms with Crippen LogP contribution in [0.25, 0.3) is 0 Å². The summed E-state index contributed by atoms with van der Waals surface area (Å²) < 4.78 is 0. The van der Waals surface area contributed by atoms with E-state index in [1.807, 2.05) is 0 Å². The molecule has 0 bridgehead atoms. The highest BCUT2D eigenvalue weighted by Gasteiger charge is 2.28. The molecule has 2 rings (SSSR count). The lowest BCUT2D eigenvalue weighted by molar-refractivity contribution is -0.138. The van der Waals surface area contributed by atoms with Crippen LogP contribution in [-0.2, 0) is 16.0 Å². The molecule has 0 atom stereocenters. The number of carbonyl (C=O) groups is 2. The number of hydrogen-bond donors (Lipinski definition) is 0. The van der Waals surface area contributed by atoms with Gasteiger partial charge in [-0.15, -0.1) is 0 Å². The number of nitrogens with zero attached hydrogens (tertiary/aromatic N) is 1. The number of amides is 2. The second-order valence-electron chi connectivity index (χ2n) is 5.07. The summed E-state index contributed by atoms with van der Waals surface area (Å²) in [5.41, 5.74) is 4.99. The van der Waals surface area contributed by atoms with Crippen molar-refractivity contribution < 1.29 is 9.59 Å². The quantitative estimate of drug-likeness (QED) is 0.766. The monoisotopic (exact) mass is 245 g/mol. The number of imide groups is 1. The number of aryl methyl sites for hydroxylation is 3. The van der Waals surface area contributed by atoms with Crippen LogP contribution in [0.2, 0.25) is 0 Å². The predicted molar refractivity (Wildman–Crippen MR) is 70.3 cm³/mol. The topological polar surface area (TPSA) is 37.4 Å². The molecule has 0 aliphatic carbocycles. The third kappa shape index (κ3) is 2.45. The first-order valence-electron chi connectivity index (χ1n) is 6.39. The van der Waals surface area contributed by atoms with Crippen molar-refractivity contribution in [2.45, 2.75) is 40.0 Å². The molecule has 1 heterocycles. The third-order valence-electron chi connectivity index (χ3n) is 3.58. The number of rotatable bonds is 3. The van der Waals surface area contributed by atoms with E-state index < -0.39 is 0 Å². The van der Waals surface area contributed by atoms with Crippen molar-refractivity contribution in [1.82, 2.24) is 4.90 Å². The van der Waals surface area contributed by atoms with Gasteiger partial charge in [0.1, 0.15) is 0 Å². The SMILES string of the molecule is Cc1cc(C)c(CCN2C(=O)CCC2=O)c(C)c1. The first-order valence-corrected chi connectivity index (χ1v) is 6.39. The molecule has 1 aromatic rings. The Morgan fingerprint density at radius 3 is 2.00 bits per heavy atom. The molecule has 0 saturated carbocycles. The maximum atomic E-state index is 11.5. The number of likely N-dealkylation sites (tertiary alicyclic amines) is 1. The lowest BCUT2D eigenvalue weighted by Gasteiger charge is -2.16. The Morgan fingerprint density at radius 2 is 1.50 bits per heavy atom. The van der Waals surface area contributed by atoms with Gasteiger partial charge in [0.2, 0.25) is 11.8 Å². The van der Waals surface area contributed by atoms with Crippen LogP contribution < -0.4 is 0 Å². The van der Waals surface area contributed by atoms with Gasteiger partial charge in [0, 0.05) is 19.4 Å². The fourth-order valence-corrected chi connectivity index (χ4v) is 2.70. The molecule has 1 aliphatic rings. The Kier molecular flexibility index (Phi) is 3.50. The van der Waals surface area contributed by atoms with E-state index in [2.05, 4.69) is 32.9 Å². The van der Waals surface area contributed by atoms with Crippen molar-refractivity contribution in [1.29, 1.82) is 0 Å². The van der Waals surface area contributed by atoms with Crippen LogP contribution in [0.15, 0.2) is 12.1 Å². The van der Waals surface area contributed by atoms with Gasteiger partial charge in [0.05, 0.1) is 0 Å². The summed E-state index contributed by atoms with van der Waals surface area (Å²) in [6, 6.07) is 4.30. The van der Waals surface area contributed by atoms with Crippen molar-refractivity contribution >= 4 is 11.8 Å². The summed E-state index contributed by atoms with van der Waals surface area (Å²) in [5.74, 6) is -0.0511. The fraction of sp³-hybridized carbons (Fsp3) is 0.467. The number of benzene rings is 1. The molecule has 1 saturated heterocycles. The Labute approximate surface area is 108 Å². The molecule has 0 aromatic heterocycles. The van der Waals surface area contributed by atoms with E-state index in [1.165, 1.54) is 27.2 Å². The van der Waals surface area contributed by atoms with E-state index >= 15 is 0 Å². The van der Waals surface area contributed by atoms with Crippen molar-refractivity contribution in [2.75, 3.05) is 6.54 Å². The third-order valence-corrected chi connectivity index (χ3v) is 3.58. The first kappa shape index (κ1) is 12.8. The minimum atomic E-state index is -0.0255. The zero-order valence-electron chi connectivity index (χ0n) is 11.2. The van der Waals surface area contributed by atoms with Crippen LogP contribution >= 0.6 is 0 Å². The summed E-state index contributed by atoms with van der Waals surface area (Å²) in [5, 5.41) is 0. The summed E-state index contributed by atoms with van der Waals surface area (Å²) in [4.78, 5) is 24.5. The highest BCUT2D eigenvalue weighted by Crippen LogP contribution is 2.19. The number of carbonyl (C=O) groups excluding carboxylic acids is 2. The minimum absolute atomic E-state index is 0.0255. The minimum Gasteiger partial charge on any atom is -0.282 e. The molecular weight excluding hydrogens is 226 g/mol. The van der Waals surface area contributed by atoms with Gasteiger partial charge >= 0.3 is 0 Å². The average Bonchev–Trinajstić information content (AvgIpc) is 2.58.